The molecule has 31 heavy (non-hydrogen) atoms. The number of hydrogen-bond donors (Lipinski definition) is 2. The Hall–Kier alpha value is -3.44. The van der Waals surface area contributed by atoms with Crippen molar-refractivity contribution in [3.05, 3.63) is 95.1 Å². The molecule has 0 fully saturated rings. The van der Waals surface area contributed by atoms with Gasteiger partial charge in [0.1, 0.15) is 6.61 Å². The summed E-state index contributed by atoms with van der Waals surface area (Å²) in [4.78, 5) is 24.4. The Balaban J connectivity index is 1.59. The molecule has 0 aromatic heterocycles. The van der Waals surface area contributed by atoms with Crippen molar-refractivity contribution in [1.82, 2.24) is 0 Å². The molecule has 4 rings (SSSR count). The van der Waals surface area contributed by atoms with Crippen LogP contribution in [0.2, 0.25) is 0 Å². The molecular formula is C26H25NO4. The fourth-order valence-electron chi connectivity index (χ4n) is 4.44. The lowest BCUT2D eigenvalue weighted by Gasteiger charge is -2.23. The van der Waals surface area contributed by atoms with E-state index in [0.29, 0.717) is 5.56 Å². The first kappa shape index (κ1) is 20.8. The number of hydrogen-bond acceptors (Lipinski definition) is 4. The van der Waals surface area contributed by atoms with Crippen molar-refractivity contribution >= 4 is 11.9 Å². The molecule has 0 bridgehead atoms. The van der Waals surface area contributed by atoms with E-state index in [0.717, 1.165) is 27.8 Å². The maximum absolute atomic E-state index is 13.2. The highest BCUT2D eigenvalue weighted by atomic mass is 16.5. The smallest absolute Gasteiger partial charge is 0.315 e. The van der Waals surface area contributed by atoms with Crippen LogP contribution >= 0.6 is 0 Å². The Bertz CT molecular complexity index is 1080. The quantitative estimate of drug-likeness (QED) is 0.564. The van der Waals surface area contributed by atoms with E-state index >= 15 is 0 Å². The molecule has 2 atom stereocenters. The second-order valence-corrected chi connectivity index (χ2v) is 8.01. The van der Waals surface area contributed by atoms with Gasteiger partial charge in [0.2, 0.25) is 0 Å². The summed E-state index contributed by atoms with van der Waals surface area (Å²) >= 11 is 0. The molecule has 0 amide bonds. The van der Waals surface area contributed by atoms with Crippen LogP contribution in [0.3, 0.4) is 0 Å². The van der Waals surface area contributed by atoms with E-state index in [4.69, 9.17) is 10.5 Å². The van der Waals surface area contributed by atoms with E-state index in [1.165, 1.54) is 0 Å². The van der Waals surface area contributed by atoms with Gasteiger partial charge in [-0.15, -0.1) is 0 Å². The number of benzene rings is 3. The first-order valence-electron chi connectivity index (χ1n) is 10.3. The number of nitrogens with two attached hydrogens (primary N) is 1. The molecule has 0 spiro atoms. The third-order valence-electron chi connectivity index (χ3n) is 5.85. The van der Waals surface area contributed by atoms with Crippen molar-refractivity contribution < 1.29 is 19.4 Å². The van der Waals surface area contributed by atoms with Crippen molar-refractivity contribution in [2.45, 2.75) is 31.2 Å². The lowest BCUT2D eigenvalue weighted by Crippen LogP contribution is -2.37. The van der Waals surface area contributed by atoms with E-state index in [1.807, 2.05) is 49.4 Å². The molecule has 158 valence electrons. The zero-order valence-electron chi connectivity index (χ0n) is 17.3. The molecule has 0 radical (unpaired) electrons. The monoisotopic (exact) mass is 415 g/mol. The third kappa shape index (κ3) is 4.23. The van der Waals surface area contributed by atoms with E-state index in [-0.39, 0.29) is 18.9 Å². The van der Waals surface area contributed by atoms with E-state index < -0.39 is 23.9 Å². The summed E-state index contributed by atoms with van der Waals surface area (Å²) in [5.74, 6) is -2.45. The lowest BCUT2D eigenvalue weighted by molar-refractivity contribution is -0.146. The van der Waals surface area contributed by atoms with Crippen LogP contribution in [0.4, 0.5) is 0 Å². The molecule has 3 N–H and O–H groups in total. The highest BCUT2D eigenvalue weighted by Gasteiger charge is 2.33. The van der Waals surface area contributed by atoms with Crippen LogP contribution < -0.4 is 5.73 Å². The summed E-state index contributed by atoms with van der Waals surface area (Å²) in [6, 6.07) is 22.8. The molecule has 1 aliphatic carbocycles. The highest BCUT2D eigenvalue weighted by molar-refractivity contribution is 5.82. The first-order chi connectivity index (χ1) is 15.0. The molecule has 0 aliphatic heterocycles. The largest absolute Gasteiger partial charge is 0.481 e. The van der Waals surface area contributed by atoms with Gasteiger partial charge in [0.15, 0.2) is 0 Å². The number of ether oxygens (including phenoxy) is 1. The van der Waals surface area contributed by atoms with Gasteiger partial charge in [-0.1, -0.05) is 78.4 Å². The first-order valence-corrected chi connectivity index (χ1v) is 10.3. The Morgan fingerprint density at radius 2 is 1.58 bits per heavy atom. The summed E-state index contributed by atoms with van der Waals surface area (Å²) in [5.41, 5.74) is 12.3. The van der Waals surface area contributed by atoms with Gasteiger partial charge < -0.3 is 15.6 Å². The van der Waals surface area contributed by atoms with Gasteiger partial charge in [0.25, 0.3) is 0 Å². The molecule has 1 aliphatic rings. The minimum Gasteiger partial charge on any atom is -0.481 e. The molecule has 3 aromatic rings. The van der Waals surface area contributed by atoms with Gasteiger partial charge >= 0.3 is 11.9 Å². The SMILES string of the molecule is Cc1cccc([C@@H](C(=O)OCC2c3ccccc3-c3ccccc32)[C@H](N)CC(=O)O)c1. The van der Waals surface area contributed by atoms with Crippen molar-refractivity contribution in [2.75, 3.05) is 6.61 Å². The summed E-state index contributed by atoms with van der Waals surface area (Å²) in [6.07, 6.45) is -0.317. The number of esters is 1. The third-order valence-corrected chi connectivity index (χ3v) is 5.85. The summed E-state index contributed by atoms with van der Waals surface area (Å²) < 4.78 is 5.79. The number of fused-ring (bicyclic) bond motifs is 3. The molecular weight excluding hydrogens is 390 g/mol. The summed E-state index contributed by atoms with van der Waals surface area (Å²) in [5, 5.41) is 9.20. The van der Waals surface area contributed by atoms with Crippen molar-refractivity contribution in [2.24, 2.45) is 5.73 Å². The van der Waals surface area contributed by atoms with E-state index in [9.17, 15) is 14.7 Å². The molecule has 0 heterocycles. The Kier molecular flexibility index (Phi) is 5.87. The van der Waals surface area contributed by atoms with Crippen LogP contribution in [0.25, 0.3) is 11.1 Å². The molecule has 3 aromatic carbocycles. The second kappa shape index (κ2) is 8.74. The zero-order chi connectivity index (χ0) is 22.0. The van der Waals surface area contributed by atoms with E-state index in [2.05, 4.69) is 24.3 Å². The number of carbonyl (C=O) groups excluding carboxylic acids is 1. The molecule has 0 unspecified atom stereocenters. The van der Waals surface area contributed by atoms with Gasteiger partial charge in [0.05, 0.1) is 12.3 Å². The average Bonchev–Trinajstić information content (AvgIpc) is 3.06. The topological polar surface area (TPSA) is 89.6 Å². The van der Waals surface area contributed by atoms with E-state index in [1.54, 1.807) is 6.07 Å². The van der Waals surface area contributed by atoms with Gasteiger partial charge in [-0.25, -0.2) is 0 Å². The van der Waals surface area contributed by atoms with Gasteiger partial charge in [-0.05, 0) is 34.7 Å². The Morgan fingerprint density at radius 1 is 0.968 bits per heavy atom. The number of carboxylic acid groups (broad SMARTS) is 1. The minimum absolute atomic E-state index is 0.0646. The summed E-state index contributed by atoms with van der Waals surface area (Å²) in [7, 11) is 0. The predicted molar refractivity (Wildman–Crippen MR) is 119 cm³/mol. The van der Waals surface area contributed by atoms with Gasteiger partial charge in [-0.3, -0.25) is 9.59 Å². The molecule has 0 saturated heterocycles. The standard InChI is InChI=1S/C26H25NO4/c1-16-7-6-8-17(13-16)25(23(27)14-24(28)29)26(30)31-15-22-20-11-4-2-9-18(20)19-10-3-5-12-21(19)22/h2-13,22-23,25H,14-15,27H2,1H3,(H,28,29)/t23-,25-/m1/s1. The van der Waals surface area contributed by atoms with Crippen LogP contribution in [0.15, 0.2) is 72.8 Å². The minimum atomic E-state index is -1.04. The van der Waals surface area contributed by atoms with Crippen molar-refractivity contribution in [3.8, 4) is 11.1 Å². The fraction of sp³-hybridized carbons (Fsp3) is 0.231. The van der Waals surface area contributed by atoms with Gasteiger partial charge in [-0.2, -0.15) is 0 Å². The number of carboxylic acids is 1. The number of aliphatic carboxylic acids is 1. The predicted octanol–water partition coefficient (Wildman–Crippen LogP) is 4.24. The average molecular weight is 415 g/mol. The van der Waals surface area contributed by atoms with Crippen molar-refractivity contribution in [1.29, 1.82) is 0 Å². The van der Waals surface area contributed by atoms with Crippen molar-refractivity contribution in [3.63, 3.8) is 0 Å². The highest BCUT2D eigenvalue weighted by Crippen LogP contribution is 2.44. The van der Waals surface area contributed by atoms with Crippen LogP contribution in [-0.4, -0.2) is 29.7 Å². The maximum Gasteiger partial charge on any atom is 0.315 e. The van der Waals surface area contributed by atoms with Crippen LogP contribution in [0, 0.1) is 6.92 Å². The van der Waals surface area contributed by atoms with Crippen LogP contribution in [-0.2, 0) is 14.3 Å². The summed E-state index contributed by atoms with van der Waals surface area (Å²) in [6.45, 7) is 2.09. The lowest BCUT2D eigenvalue weighted by atomic mass is 9.89. The van der Waals surface area contributed by atoms with Crippen LogP contribution in [0.5, 0.6) is 0 Å². The van der Waals surface area contributed by atoms with Crippen LogP contribution in [0.1, 0.15) is 40.5 Å². The number of rotatable bonds is 7. The van der Waals surface area contributed by atoms with Gasteiger partial charge in [0, 0.05) is 12.0 Å². The zero-order valence-corrected chi connectivity index (χ0v) is 17.3. The fourth-order valence-corrected chi connectivity index (χ4v) is 4.44. The second-order valence-electron chi connectivity index (χ2n) is 8.01. The Labute approximate surface area is 181 Å². The number of carbonyl (C=O) groups is 2. The molecule has 0 saturated carbocycles. The normalized spacial score (nSPS) is 14.4. The Morgan fingerprint density at radius 3 is 2.16 bits per heavy atom. The maximum atomic E-state index is 13.2. The molecule has 5 heteroatoms. The molecule has 5 nitrogen and oxygen atoms in total. The number of aryl methyl sites for hydroxylation is 1.